The van der Waals surface area contributed by atoms with Gasteiger partial charge in [0.1, 0.15) is 29.5 Å². The molecule has 0 saturated heterocycles. The van der Waals surface area contributed by atoms with Gasteiger partial charge in [0, 0.05) is 27.7 Å². The fraction of sp³-hybridized carbons (Fsp3) is 0.241. The lowest BCUT2D eigenvalue weighted by Crippen LogP contribution is -2.33. The van der Waals surface area contributed by atoms with Gasteiger partial charge in [-0.25, -0.2) is 8.78 Å². The third-order valence-electron chi connectivity index (χ3n) is 6.35. The number of nitrogens with zero attached hydrogens (tertiary/aromatic N) is 3. The number of halogens is 2. The third kappa shape index (κ3) is 5.04. The van der Waals surface area contributed by atoms with Crippen LogP contribution in [0, 0.1) is 18.6 Å². The summed E-state index contributed by atoms with van der Waals surface area (Å²) in [6.07, 6.45) is 0. The van der Waals surface area contributed by atoms with Crippen molar-refractivity contribution >= 4 is 32.6 Å². The summed E-state index contributed by atoms with van der Waals surface area (Å²) in [6, 6.07) is 16.3. The summed E-state index contributed by atoms with van der Waals surface area (Å²) < 4.78 is 63.7. The number of hydrogen-bond donors (Lipinski definition) is 0. The van der Waals surface area contributed by atoms with Crippen LogP contribution in [0.3, 0.4) is 0 Å². The van der Waals surface area contributed by atoms with E-state index in [4.69, 9.17) is 4.74 Å². The minimum atomic E-state index is -4.07. The van der Waals surface area contributed by atoms with Gasteiger partial charge in [0.2, 0.25) is 0 Å². The minimum absolute atomic E-state index is 0.0234. The van der Waals surface area contributed by atoms with Gasteiger partial charge in [0.05, 0.1) is 11.4 Å². The molecular weight excluding hydrogens is 524 g/mol. The third-order valence-corrected chi connectivity index (χ3v) is 8.02. The van der Waals surface area contributed by atoms with Gasteiger partial charge in [-0.3, -0.25) is 4.79 Å². The quantitative estimate of drug-likeness (QED) is 0.306. The van der Waals surface area contributed by atoms with Gasteiger partial charge in [-0.05, 0) is 69.7 Å². The molecule has 202 valence electrons. The van der Waals surface area contributed by atoms with Crippen LogP contribution in [0.25, 0.3) is 10.9 Å². The summed E-state index contributed by atoms with van der Waals surface area (Å²) in [6.45, 7) is 6.74. The van der Waals surface area contributed by atoms with Crippen molar-refractivity contribution in [3.8, 4) is 0 Å². The van der Waals surface area contributed by atoms with E-state index in [2.05, 4.69) is 5.10 Å². The van der Waals surface area contributed by atoms with Crippen LogP contribution in [-0.4, -0.2) is 34.7 Å². The van der Waals surface area contributed by atoms with E-state index in [0.29, 0.717) is 39.0 Å². The molecule has 0 amide bonds. The topological polar surface area (TPSA) is 81.0 Å². The first-order valence-electron chi connectivity index (χ1n) is 12.3. The summed E-state index contributed by atoms with van der Waals surface area (Å²) in [5, 5.41) is 5.02. The maximum absolute atomic E-state index is 14.5. The highest BCUT2D eigenvalue weighted by atomic mass is 32.2. The van der Waals surface area contributed by atoms with E-state index in [1.807, 2.05) is 0 Å². The number of hydrogen-bond acceptors (Lipinski definition) is 5. The molecule has 3 aromatic carbocycles. The lowest BCUT2D eigenvalue weighted by atomic mass is 9.99. The summed E-state index contributed by atoms with van der Waals surface area (Å²) in [5.41, 5.74) is 2.00. The largest absolute Gasteiger partial charge is 0.459 e. The monoisotopic (exact) mass is 551 g/mol. The minimum Gasteiger partial charge on any atom is -0.459 e. The van der Waals surface area contributed by atoms with Crippen molar-refractivity contribution in [2.24, 2.45) is 5.10 Å². The number of sulfonamides is 1. The molecule has 0 saturated carbocycles. The molecule has 7 nitrogen and oxygen atoms in total. The first-order chi connectivity index (χ1) is 18.3. The van der Waals surface area contributed by atoms with Crippen LogP contribution in [-0.2, 0) is 32.6 Å². The van der Waals surface area contributed by atoms with Crippen LogP contribution < -0.4 is 0 Å². The Hall–Kier alpha value is -4.05. The van der Waals surface area contributed by atoms with Gasteiger partial charge < -0.3 is 9.30 Å². The van der Waals surface area contributed by atoms with Gasteiger partial charge in [-0.2, -0.15) is 17.9 Å². The van der Waals surface area contributed by atoms with E-state index < -0.39 is 33.2 Å². The molecular formula is C29H27F2N3O4S. The first kappa shape index (κ1) is 26.6. The Bertz CT molecular complexity index is 1750. The fourth-order valence-electron chi connectivity index (χ4n) is 4.78. The number of aromatic nitrogens is 1. The van der Waals surface area contributed by atoms with Crippen LogP contribution in [0.5, 0.6) is 0 Å². The SMILES string of the molecule is Cc1c(C2=NN(Cc3cccc(F)c3)S(=O)(=O)c3ccccc32)c2cc(F)ccc2n1CC(=O)OC(C)(C)C. The molecule has 5 rings (SSSR count). The van der Waals surface area contributed by atoms with E-state index in [1.165, 1.54) is 36.4 Å². The first-order valence-corrected chi connectivity index (χ1v) is 13.7. The van der Waals surface area contributed by atoms with E-state index in [9.17, 15) is 22.0 Å². The smallest absolute Gasteiger partial charge is 0.326 e. The Morgan fingerprint density at radius 2 is 1.69 bits per heavy atom. The second-order valence-corrected chi connectivity index (χ2v) is 12.2. The van der Waals surface area contributed by atoms with Gasteiger partial charge in [-0.15, -0.1) is 0 Å². The zero-order chi connectivity index (χ0) is 28.1. The Morgan fingerprint density at radius 1 is 0.974 bits per heavy atom. The summed E-state index contributed by atoms with van der Waals surface area (Å²) in [5.74, 6) is -1.46. The molecule has 0 aliphatic carbocycles. The molecule has 1 aliphatic heterocycles. The number of hydrazone groups is 1. The summed E-state index contributed by atoms with van der Waals surface area (Å²) >= 11 is 0. The maximum atomic E-state index is 14.5. The molecule has 10 heteroatoms. The predicted octanol–water partition coefficient (Wildman–Crippen LogP) is 5.53. The van der Waals surface area contributed by atoms with E-state index in [-0.39, 0.29) is 18.0 Å². The number of esters is 1. The molecule has 0 fully saturated rings. The van der Waals surface area contributed by atoms with Crippen molar-refractivity contribution in [3.05, 3.63) is 101 Å². The number of carbonyl (C=O) groups is 1. The summed E-state index contributed by atoms with van der Waals surface area (Å²) in [7, 11) is -4.07. The average molecular weight is 552 g/mol. The van der Waals surface area contributed by atoms with Crippen LogP contribution in [0.15, 0.2) is 76.7 Å². The molecule has 0 N–H and O–H groups in total. The molecule has 2 heterocycles. The van der Waals surface area contributed by atoms with Crippen molar-refractivity contribution in [1.29, 1.82) is 0 Å². The molecule has 0 bridgehead atoms. The van der Waals surface area contributed by atoms with Crippen LogP contribution in [0.1, 0.15) is 43.2 Å². The Morgan fingerprint density at radius 3 is 2.41 bits per heavy atom. The van der Waals surface area contributed by atoms with Crippen molar-refractivity contribution in [1.82, 2.24) is 8.98 Å². The zero-order valence-corrected chi connectivity index (χ0v) is 22.7. The second kappa shape index (κ2) is 9.60. The lowest BCUT2D eigenvalue weighted by molar-refractivity contribution is -0.155. The normalized spacial score (nSPS) is 14.7. The highest BCUT2D eigenvalue weighted by Crippen LogP contribution is 2.35. The zero-order valence-electron chi connectivity index (χ0n) is 21.9. The number of benzene rings is 3. The Labute approximate surface area is 225 Å². The van der Waals surface area contributed by atoms with E-state index in [1.54, 1.807) is 62.6 Å². The second-order valence-electron chi connectivity index (χ2n) is 10.4. The molecule has 4 aromatic rings. The molecule has 1 aromatic heterocycles. The molecule has 1 aliphatic rings. The molecule has 0 spiro atoms. The van der Waals surface area contributed by atoms with Crippen molar-refractivity contribution in [2.75, 3.05) is 0 Å². The van der Waals surface area contributed by atoms with E-state index >= 15 is 0 Å². The fourth-order valence-corrected chi connectivity index (χ4v) is 6.20. The molecule has 0 atom stereocenters. The molecule has 0 unspecified atom stereocenters. The van der Waals surface area contributed by atoms with Crippen molar-refractivity contribution in [3.63, 3.8) is 0 Å². The highest BCUT2D eigenvalue weighted by molar-refractivity contribution is 7.89. The standard InChI is InChI=1S/C29H27F2N3O4S/c1-18-27(23-15-21(31)12-13-24(23)33(18)17-26(35)38-29(2,3)4)28-22-10-5-6-11-25(22)39(36,37)34(32-28)16-19-8-7-9-20(30)14-19/h5-15H,16-17H2,1-4H3. The van der Waals surface area contributed by atoms with Crippen LogP contribution in [0.2, 0.25) is 0 Å². The number of rotatable bonds is 5. The van der Waals surface area contributed by atoms with Crippen molar-refractivity contribution < 1.29 is 26.7 Å². The number of carbonyl (C=O) groups excluding carboxylic acids is 1. The van der Waals surface area contributed by atoms with Crippen molar-refractivity contribution in [2.45, 2.75) is 51.3 Å². The van der Waals surface area contributed by atoms with Gasteiger partial charge in [0.25, 0.3) is 10.0 Å². The number of ether oxygens (including phenoxy) is 1. The summed E-state index contributed by atoms with van der Waals surface area (Å²) in [4.78, 5) is 12.8. The van der Waals surface area contributed by atoms with E-state index in [0.717, 1.165) is 4.41 Å². The lowest BCUT2D eigenvalue weighted by Gasteiger charge is -2.27. The highest BCUT2D eigenvalue weighted by Gasteiger charge is 2.35. The average Bonchev–Trinajstić information content (AvgIpc) is 3.10. The van der Waals surface area contributed by atoms with Gasteiger partial charge in [-0.1, -0.05) is 30.3 Å². The predicted molar refractivity (Wildman–Crippen MR) is 144 cm³/mol. The van der Waals surface area contributed by atoms with Gasteiger partial charge in [0.15, 0.2) is 0 Å². The van der Waals surface area contributed by atoms with Crippen LogP contribution >= 0.6 is 0 Å². The molecule has 39 heavy (non-hydrogen) atoms. The van der Waals surface area contributed by atoms with Crippen LogP contribution in [0.4, 0.5) is 8.78 Å². The number of fused-ring (bicyclic) bond motifs is 2. The molecule has 0 radical (unpaired) electrons. The Kier molecular flexibility index (Phi) is 6.54. The Balaban J connectivity index is 1.72. The van der Waals surface area contributed by atoms with Gasteiger partial charge >= 0.3 is 5.97 Å². The maximum Gasteiger partial charge on any atom is 0.326 e.